The van der Waals surface area contributed by atoms with Gasteiger partial charge < -0.3 is 9.88 Å². The van der Waals surface area contributed by atoms with Crippen LogP contribution in [-0.2, 0) is 16.8 Å². The Labute approximate surface area is 144 Å². The molecule has 120 valence electrons. The van der Waals surface area contributed by atoms with E-state index in [9.17, 15) is 4.79 Å². The van der Waals surface area contributed by atoms with Crippen molar-refractivity contribution in [3.63, 3.8) is 0 Å². The van der Waals surface area contributed by atoms with E-state index in [0.717, 1.165) is 40.8 Å². The van der Waals surface area contributed by atoms with E-state index in [0.29, 0.717) is 5.02 Å². The number of amides is 1. The molecule has 3 heterocycles. The Balaban J connectivity index is 1.87. The van der Waals surface area contributed by atoms with E-state index in [1.807, 2.05) is 49.5 Å². The topological polar surface area (TPSA) is 48.1 Å². The highest BCUT2D eigenvalue weighted by atomic mass is 35.5. The van der Waals surface area contributed by atoms with Gasteiger partial charge in [0.1, 0.15) is 0 Å². The van der Waals surface area contributed by atoms with E-state index >= 15 is 0 Å². The summed E-state index contributed by atoms with van der Waals surface area (Å²) in [5.74, 6) is 0.0577. The largest absolute Gasteiger partial charge is 0.356 e. The Morgan fingerprint density at radius 2 is 2.04 bits per heavy atom. The van der Waals surface area contributed by atoms with Gasteiger partial charge in [0, 0.05) is 40.8 Å². The van der Waals surface area contributed by atoms with E-state index in [2.05, 4.69) is 10.3 Å². The maximum absolute atomic E-state index is 13.3. The van der Waals surface area contributed by atoms with Crippen molar-refractivity contribution in [2.24, 2.45) is 0 Å². The van der Waals surface area contributed by atoms with Crippen LogP contribution < -0.4 is 10.2 Å². The maximum Gasteiger partial charge on any atom is 0.257 e. The van der Waals surface area contributed by atoms with Crippen molar-refractivity contribution in [1.82, 2.24) is 10.3 Å². The third kappa shape index (κ3) is 1.55. The van der Waals surface area contributed by atoms with Crippen LogP contribution in [0.5, 0.6) is 0 Å². The molecule has 3 aromatic rings. The van der Waals surface area contributed by atoms with Crippen molar-refractivity contribution in [3.8, 4) is 0 Å². The quantitative estimate of drug-likeness (QED) is 0.662. The molecule has 1 aromatic heterocycles. The standard InChI is InChI=1S/C19H16ClN3O/c1-23-16-5-3-2-4-14(16)19(18(23)24)17-12(8-9-21-19)13-10-11(20)6-7-15(13)22-17/h2-7,10,21-22H,8-9H2,1H3/t19-/m0/s1. The molecule has 4 nitrogen and oxygen atoms in total. The predicted octanol–water partition coefficient (Wildman–Crippen LogP) is 3.19. The second-order valence-electron chi connectivity index (χ2n) is 6.48. The lowest BCUT2D eigenvalue weighted by Gasteiger charge is -2.33. The highest BCUT2D eigenvalue weighted by Gasteiger charge is 2.54. The lowest BCUT2D eigenvalue weighted by Crippen LogP contribution is -2.54. The molecule has 5 rings (SSSR count). The highest BCUT2D eigenvalue weighted by molar-refractivity contribution is 6.31. The van der Waals surface area contributed by atoms with Crippen LogP contribution in [-0.4, -0.2) is 24.5 Å². The first-order chi connectivity index (χ1) is 11.6. The number of anilines is 1. The molecule has 1 atom stereocenters. The summed E-state index contributed by atoms with van der Waals surface area (Å²) in [6, 6.07) is 13.8. The second kappa shape index (κ2) is 4.62. The van der Waals surface area contributed by atoms with E-state index in [1.165, 1.54) is 5.56 Å². The van der Waals surface area contributed by atoms with E-state index in [1.54, 1.807) is 4.90 Å². The fourth-order valence-corrected chi connectivity index (χ4v) is 4.41. The third-order valence-electron chi connectivity index (χ3n) is 5.30. The van der Waals surface area contributed by atoms with Crippen molar-refractivity contribution in [3.05, 3.63) is 64.3 Å². The SMILES string of the molecule is CN1C(=O)[C@]2(NCCc3c2[nH]c2ccc(Cl)cc32)c2ccccc21. The molecule has 0 radical (unpaired) electrons. The highest BCUT2D eigenvalue weighted by Crippen LogP contribution is 2.47. The number of carbonyl (C=O) groups is 1. The molecule has 24 heavy (non-hydrogen) atoms. The Hall–Kier alpha value is -2.30. The number of likely N-dealkylation sites (N-methyl/N-ethyl adjacent to an activating group) is 1. The van der Waals surface area contributed by atoms with Crippen LogP contribution in [0.25, 0.3) is 10.9 Å². The van der Waals surface area contributed by atoms with Gasteiger partial charge in [0.25, 0.3) is 5.91 Å². The van der Waals surface area contributed by atoms with Gasteiger partial charge in [-0.1, -0.05) is 29.8 Å². The zero-order valence-corrected chi connectivity index (χ0v) is 13.9. The molecule has 0 unspecified atom stereocenters. The fourth-order valence-electron chi connectivity index (χ4n) is 4.23. The van der Waals surface area contributed by atoms with Crippen LogP contribution in [0, 0.1) is 0 Å². The van der Waals surface area contributed by atoms with Crippen LogP contribution >= 0.6 is 11.6 Å². The van der Waals surface area contributed by atoms with Crippen molar-refractivity contribution in [2.75, 3.05) is 18.5 Å². The smallest absolute Gasteiger partial charge is 0.257 e. The minimum atomic E-state index is -0.829. The number of rotatable bonds is 0. The first-order valence-electron chi connectivity index (χ1n) is 8.06. The number of fused-ring (bicyclic) bond motifs is 6. The number of nitrogens with one attached hydrogen (secondary N) is 2. The van der Waals surface area contributed by atoms with Crippen LogP contribution in [0.1, 0.15) is 16.8 Å². The molecule has 0 fully saturated rings. The minimum Gasteiger partial charge on any atom is -0.356 e. The molecule has 2 N–H and O–H groups in total. The zero-order chi connectivity index (χ0) is 16.5. The number of aromatic nitrogens is 1. The monoisotopic (exact) mass is 337 g/mol. The number of para-hydroxylation sites is 1. The molecule has 2 aliphatic rings. The minimum absolute atomic E-state index is 0.0577. The Bertz CT molecular complexity index is 1010. The van der Waals surface area contributed by atoms with Gasteiger partial charge in [0.2, 0.25) is 0 Å². The number of hydrogen-bond donors (Lipinski definition) is 2. The summed E-state index contributed by atoms with van der Waals surface area (Å²) in [4.78, 5) is 18.5. The lowest BCUT2D eigenvalue weighted by molar-refractivity contribution is -0.122. The first kappa shape index (κ1) is 14.1. The van der Waals surface area contributed by atoms with Gasteiger partial charge in [-0.3, -0.25) is 10.1 Å². The molecule has 0 saturated carbocycles. The molecule has 5 heteroatoms. The van der Waals surface area contributed by atoms with Gasteiger partial charge in [0.15, 0.2) is 5.54 Å². The van der Waals surface area contributed by atoms with Gasteiger partial charge >= 0.3 is 0 Å². The van der Waals surface area contributed by atoms with Crippen molar-refractivity contribution in [2.45, 2.75) is 12.0 Å². The van der Waals surface area contributed by atoms with E-state index in [-0.39, 0.29) is 5.91 Å². The number of halogens is 1. The molecular weight excluding hydrogens is 322 g/mol. The van der Waals surface area contributed by atoms with Crippen LogP contribution in [0.15, 0.2) is 42.5 Å². The molecule has 1 spiro atoms. The predicted molar refractivity (Wildman–Crippen MR) is 95.6 cm³/mol. The summed E-state index contributed by atoms with van der Waals surface area (Å²) in [5, 5.41) is 5.33. The summed E-state index contributed by atoms with van der Waals surface area (Å²) in [6.07, 6.45) is 0.872. The van der Waals surface area contributed by atoms with Gasteiger partial charge in [-0.25, -0.2) is 0 Å². The molecule has 0 saturated heterocycles. The summed E-state index contributed by atoms with van der Waals surface area (Å²) < 4.78 is 0. The Morgan fingerprint density at radius 1 is 1.21 bits per heavy atom. The molecule has 2 aromatic carbocycles. The summed E-state index contributed by atoms with van der Waals surface area (Å²) in [7, 11) is 1.84. The van der Waals surface area contributed by atoms with Gasteiger partial charge in [0.05, 0.1) is 5.69 Å². The number of benzene rings is 2. The summed E-state index contributed by atoms with van der Waals surface area (Å²) >= 11 is 6.20. The van der Waals surface area contributed by atoms with Crippen molar-refractivity contribution in [1.29, 1.82) is 0 Å². The molecule has 0 bridgehead atoms. The number of carbonyl (C=O) groups excluding carboxylic acids is 1. The number of nitrogens with zero attached hydrogens (tertiary/aromatic N) is 1. The van der Waals surface area contributed by atoms with E-state index in [4.69, 9.17) is 11.6 Å². The number of aromatic amines is 1. The average Bonchev–Trinajstić information content (AvgIpc) is 3.07. The summed E-state index contributed by atoms with van der Waals surface area (Å²) in [5.41, 5.74) is 4.30. The number of hydrogen-bond acceptors (Lipinski definition) is 2. The fraction of sp³-hybridized carbons (Fsp3) is 0.211. The van der Waals surface area contributed by atoms with Gasteiger partial charge in [-0.05, 0) is 36.2 Å². The molecule has 2 aliphatic heterocycles. The van der Waals surface area contributed by atoms with Crippen molar-refractivity contribution >= 4 is 34.1 Å². The average molecular weight is 338 g/mol. The Kier molecular flexibility index (Phi) is 2.71. The lowest BCUT2D eigenvalue weighted by atomic mass is 9.82. The maximum atomic E-state index is 13.3. The van der Waals surface area contributed by atoms with Crippen molar-refractivity contribution < 1.29 is 4.79 Å². The van der Waals surface area contributed by atoms with Gasteiger partial charge in [-0.15, -0.1) is 0 Å². The number of H-pyrrole nitrogens is 1. The van der Waals surface area contributed by atoms with Crippen LogP contribution in [0.3, 0.4) is 0 Å². The third-order valence-corrected chi connectivity index (χ3v) is 5.54. The first-order valence-corrected chi connectivity index (χ1v) is 8.44. The summed E-state index contributed by atoms with van der Waals surface area (Å²) in [6.45, 7) is 0.750. The van der Waals surface area contributed by atoms with Gasteiger partial charge in [-0.2, -0.15) is 0 Å². The van der Waals surface area contributed by atoms with Crippen LogP contribution in [0.4, 0.5) is 5.69 Å². The normalized spacial score (nSPS) is 22.2. The zero-order valence-electron chi connectivity index (χ0n) is 13.2. The molecule has 0 aliphatic carbocycles. The second-order valence-corrected chi connectivity index (χ2v) is 6.91. The van der Waals surface area contributed by atoms with Crippen LogP contribution in [0.2, 0.25) is 5.02 Å². The van der Waals surface area contributed by atoms with E-state index < -0.39 is 5.54 Å². The molecular formula is C19H16ClN3O. The molecule has 1 amide bonds. The Morgan fingerprint density at radius 3 is 2.92 bits per heavy atom.